The largest absolute Gasteiger partial charge is 1.00 e. The fraction of sp³-hybridized carbons (Fsp3) is 0.417. The zero-order valence-electron chi connectivity index (χ0n) is 11.3. The van der Waals surface area contributed by atoms with E-state index in [1.807, 2.05) is 24.3 Å². The summed E-state index contributed by atoms with van der Waals surface area (Å²) in [6, 6.07) is 7.47. The van der Waals surface area contributed by atoms with Gasteiger partial charge in [0.1, 0.15) is 5.75 Å². The molecule has 0 amide bonds. The molecule has 1 rings (SSSR count). The maximum atomic E-state index is 10.9. The van der Waals surface area contributed by atoms with Gasteiger partial charge in [0, 0.05) is 0 Å². The molecule has 1 aromatic carbocycles. The molecule has 0 saturated heterocycles. The van der Waals surface area contributed by atoms with Crippen LogP contribution in [0.15, 0.2) is 24.3 Å². The molecule has 0 fully saturated rings. The molecule has 1 aromatic rings. The Morgan fingerprint density at radius 2 is 1.88 bits per heavy atom. The average molecular weight is 248 g/mol. The predicted molar refractivity (Wildman–Crippen MR) is 59.2 cm³/mol. The summed E-state index contributed by atoms with van der Waals surface area (Å²) < 4.78 is 5.03. The number of carboxylic acid groups (broad SMARTS) is 1. The van der Waals surface area contributed by atoms with E-state index in [-0.39, 0.29) is 52.8 Å². The molecule has 4 heteroatoms. The van der Waals surface area contributed by atoms with Gasteiger partial charge in [-0.15, -0.1) is 0 Å². The van der Waals surface area contributed by atoms with Gasteiger partial charge in [-0.1, -0.05) is 12.1 Å². The molecule has 16 heavy (non-hydrogen) atoms. The van der Waals surface area contributed by atoms with Crippen LogP contribution in [0.2, 0.25) is 0 Å². The molecule has 84 valence electrons. The van der Waals surface area contributed by atoms with E-state index in [2.05, 4.69) is 0 Å². The summed E-state index contributed by atoms with van der Waals surface area (Å²) in [5, 5.41) is 8.98. The summed E-state index contributed by atoms with van der Waals surface area (Å²) in [6.45, 7) is 3.44. The summed E-state index contributed by atoms with van der Waals surface area (Å²) in [6.07, 6.45) is 0.520. The molecule has 0 atom stereocenters. The third-order valence-electron chi connectivity index (χ3n) is 2.38. The van der Waals surface area contributed by atoms with Gasteiger partial charge in [-0.3, -0.25) is 4.79 Å². The van der Waals surface area contributed by atoms with Crippen LogP contribution in [0, 0.1) is 5.41 Å². The predicted octanol–water partition coefficient (Wildman–Crippen LogP) is -0.535. The zero-order valence-corrected chi connectivity index (χ0v) is 13.4. The van der Waals surface area contributed by atoms with Crippen molar-refractivity contribution in [1.29, 1.82) is 0 Å². The fourth-order valence-electron chi connectivity index (χ4n) is 1.33. The summed E-state index contributed by atoms with van der Waals surface area (Å²) >= 11 is 0. The van der Waals surface area contributed by atoms with Gasteiger partial charge in [-0.25, -0.2) is 0 Å². The average Bonchev–Trinajstić information content (AvgIpc) is 2.18. The number of rotatable bonds is 4. The van der Waals surface area contributed by atoms with Gasteiger partial charge in [-0.2, -0.15) is 0 Å². The first-order chi connectivity index (χ1) is 6.95. The zero-order chi connectivity index (χ0) is 11.5. The Balaban J connectivity index is 0. The Morgan fingerprint density at radius 1 is 1.38 bits per heavy atom. The maximum Gasteiger partial charge on any atom is 1.00 e. The second kappa shape index (κ2) is 6.76. The molecular weight excluding hydrogens is 231 g/mol. The normalized spacial score (nSPS) is 10.4. The third kappa shape index (κ3) is 4.55. The van der Waals surface area contributed by atoms with E-state index in [4.69, 9.17) is 9.84 Å². The molecule has 3 nitrogen and oxygen atoms in total. The third-order valence-corrected chi connectivity index (χ3v) is 2.38. The van der Waals surface area contributed by atoms with Crippen LogP contribution in [-0.2, 0) is 11.2 Å². The van der Waals surface area contributed by atoms with E-state index in [1.54, 1.807) is 21.0 Å². The first-order valence-corrected chi connectivity index (χ1v) is 4.82. The molecule has 0 saturated carbocycles. The number of hydrogen-bond acceptors (Lipinski definition) is 2. The number of benzene rings is 1. The van der Waals surface area contributed by atoms with Crippen molar-refractivity contribution in [3.8, 4) is 5.75 Å². The van der Waals surface area contributed by atoms with Crippen molar-refractivity contribution in [1.82, 2.24) is 0 Å². The van der Waals surface area contributed by atoms with Gasteiger partial charge in [0.05, 0.1) is 12.5 Å². The molecule has 0 aliphatic rings. The number of ether oxygens (including phenoxy) is 1. The Hall–Kier alpha value is 0.126. The minimum absolute atomic E-state index is 0. The van der Waals surface area contributed by atoms with Crippen LogP contribution >= 0.6 is 0 Å². The quantitative estimate of drug-likeness (QED) is 0.728. The Bertz CT molecular complexity index is 349. The van der Waals surface area contributed by atoms with Crippen molar-refractivity contribution in [2.75, 3.05) is 7.11 Å². The summed E-state index contributed by atoms with van der Waals surface area (Å²) in [5.74, 6) is 0.00481. The van der Waals surface area contributed by atoms with E-state index in [0.29, 0.717) is 6.42 Å². The van der Waals surface area contributed by atoms with Gasteiger partial charge in [0.25, 0.3) is 0 Å². The van der Waals surface area contributed by atoms with Crippen LogP contribution in [0.5, 0.6) is 5.75 Å². The molecule has 0 radical (unpaired) electrons. The van der Waals surface area contributed by atoms with Crippen molar-refractivity contribution in [3.63, 3.8) is 0 Å². The van der Waals surface area contributed by atoms with Gasteiger partial charge in [0.15, 0.2) is 0 Å². The van der Waals surface area contributed by atoms with Crippen LogP contribution in [-0.4, -0.2) is 18.2 Å². The topological polar surface area (TPSA) is 46.5 Å². The van der Waals surface area contributed by atoms with Crippen LogP contribution in [0.3, 0.4) is 0 Å². The van der Waals surface area contributed by atoms with Gasteiger partial charge in [0.2, 0.25) is 0 Å². The van der Waals surface area contributed by atoms with Gasteiger partial charge in [-0.05, 0) is 38.0 Å². The Kier molecular flexibility index (Phi) is 6.82. The van der Waals surface area contributed by atoms with Crippen LogP contribution in [0.4, 0.5) is 0 Å². The van der Waals surface area contributed by atoms with E-state index >= 15 is 0 Å². The first kappa shape index (κ1) is 16.1. The van der Waals surface area contributed by atoms with E-state index < -0.39 is 11.4 Å². The Morgan fingerprint density at radius 3 is 2.25 bits per heavy atom. The second-order valence-electron chi connectivity index (χ2n) is 4.21. The molecule has 0 aromatic heterocycles. The summed E-state index contributed by atoms with van der Waals surface area (Å²) in [4.78, 5) is 10.9. The van der Waals surface area contributed by atoms with Crippen molar-refractivity contribution >= 4 is 5.97 Å². The maximum absolute atomic E-state index is 10.9. The smallest absolute Gasteiger partial charge is 1.00 e. The van der Waals surface area contributed by atoms with Crippen LogP contribution in [0.25, 0.3) is 0 Å². The first-order valence-electron chi connectivity index (χ1n) is 4.82. The number of hydrogen-bond donors (Lipinski definition) is 1. The van der Waals surface area contributed by atoms with E-state index in [9.17, 15) is 4.79 Å². The molecule has 0 aliphatic heterocycles. The molecule has 0 spiro atoms. The monoisotopic (exact) mass is 248 g/mol. The Labute approximate surface area is 140 Å². The number of carbonyl (C=O) groups is 1. The summed E-state index contributed by atoms with van der Waals surface area (Å²) in [7, 11) is 1.61. The standard InChI is InChI=1S/C12H16O3.K.H/c1-12(2,11(13)14)8-9-4-6-10(15-3)7-5-9;;/h4-7H,8H2,1-3H3,(H,13,14);;/q;+1;-1. The van der Waals surface area contributed by atoms with Crippen molar-refractivity contribution in [3.05, 3.63) is 29.8 Å². The van der Waals surface area contributed by atoms with Crippen molar-refractivity contribution in [2.45, 2.75) is 20.3 Å². The SMILES string of the molecule is COc1ccc(CC(C)(C)C(=O)O)cc1.[H-].[K+]. The van der Waals surface area contributed by atoms with Gasteiger partial charge >= 0.3 is 57.4 Å². The van der Waals surface area contributed by atoms with Crippen molar-refractivity contribution < 1.29 is 67.4 Å². The number of methoxy groups -OCH3 is 1. The van der Waals surface area contributed by atoms with Crippen LogP contribution < -0.4 is 56.1 Å². The van der Waals surface area contributed by atoms with Crippen LogP contribution in [0.1, 0.15) is 20.8 Å². The molecular formula is C12H17KO3. The molecule has 1 N–H and O–H groups in total. The molecule has 0 bridgehead atoms. The molecule has 0 unspecified atom stereocenters. The van der Waals surface area contributed by atoms with E-state index in [1.165, 1.54) is 0 Å². The minimum Gasteiger partial charge on any atom is -1.00 e. The molecule has 0 heterocycles. The van der Waals surface area contributed by atoms with Crippen molar-refractivity contribution in [2.24, 2.45) is 5.41 Å². The number of carboxylic acids is 1. The molecule has 0 aliphatic carbocycles. The van der Waals surface area contributed by atoms with Gasteiger partial charge < -0.3 is 11.3 Å². The number of aliphatic carboxylic acids is 1. The second-order valence-corrected chi connectivity index (χ2v) is 4.21. The van der Waals surface area contributed by atoms with E-state index in [0.717, 1.165) is 11.3 Å². The summed E-state index contributed by atoms with van der Waals surface area (Å²) in [5.41, 5.74) is 0.275. The fourth-order valence-corrected chi connectivity index (χ4v) is 1.33. The minimum atomic E-state index is -0.779.